The third-order valence-corrected chi connectivity index (χ3v) is 4.38. The van der Waals surface area contributed by atoms with Crippen LogP contribution in [-0.2, 0) is 0 Å². The Bertz CT molecular complexity index is 840. The Kier molecular flexibility index (Phi) is 5.69. The molecule has 0 aliphatic heterocycles. The summed E-state index contributed by atoms with van der Waals surface area (Å²) in [5.41, 5.74) is 4.85. The van der Waals surface area contributed by atoms with Crippen molar-refractivity contribution in [3.05, 3.63) is 84.4 Å². The summed E-state index contributed by atoms with van der Waals surface area (Å²) in [5, 5.41) is 2.96. The summed E-state index contributed by atoms with van der Waals surface area (Å²) in [5.74, 6) is -0.0979. The number of carbonyl (C=O) groups is 1. The molecule has 132 valence electrons. The molecule has 0 heterocycles. The number of nitrogens with zero attached hydrogens (tertiary/aromatic N) is 1. The van der Waals surface area contributed by atoms with Gasteiger partial charge in [0.25, 0.3) is 5.91 Å². The van der Waals surface area contributed by atoms with E-state index in [4.69, 9.17) is 0 Å². The molecule has 0 aromatic heterocycles. The summed E-state index contributed by atoms with van der Waals surface area (Å²) in [6.07, 6.45) is 1.11. The van der Waals surface area contributed by atoms with Crippen LogP contribution in [0.3, 0.4) is 0 Å². The second-order valence-corrected chi connectivity index (χ2v) is 6.37. The van der Waals surface area contributed by atoms with Gasteiger partial charge in [-0.1, -0.05) is 49.4 Å². The van der Waals surface area contributed by atoms with Crippen molar-refractivity contribution < 1.29 is 4.79 Å². The van der Waals surface area contributed by atoms with Gasteiger partial charge in [-0.3, -0.25) is 4.79 Å². The zero-order valence-electron chi connectivity index (χ0n) is 15.3. The van der Waals surface area contributed by atoms with E-state index in [0.717, 1.165) is 35.5 Å². The molecule has 3 aromatic rings. The number of rotatable bonds is 6. The quantitative estimate of drug-likeness (QED) is 0.644. The zero-order chi connectivity index (χ0) is 18.4. The highest BCUT2D eigenvalue weighted by Gasteiger charge is 2.07. The Morgan fingerprint density at radius 3 is 2.08 bits per heavy atom. The van der Waals surface area contributed by atoms with E-state index < -0.39 is 0 Å². The fraction of sp³-hybridized carbons (Fsp3) is 0.174. The summed E-state index contributed by atoms with van der Waals surface area (Å²) in [6.45, 7) is 3.17. The van der Waals surface area contributed by atoms with Crippen LogP contribution < -0.4 is 10.2 Å². The molecule has 0 saturated carbocycles. The predicted molar refractivity (Wildman–Crippen MR) is 110 cm³/mol. The van der Waals surface area contributed by atoms with Gasteiger partial charge in [-0.05, 0) is 53.9 Å². The first-order valence-corrected chi connectivity index (χ1v) is 8.95. The van der Waals surface area contributed by atoms with Crippen LogP contribution in [0.4, 0.5) is 11.4 Å². The molecule has 0 saturated heterocycles. The van der Waals surface area contributed by atoms with Crippen molar-refractivity contribution in [3.63, 3.8) is 0 Å². The van der Waals surface area contributed by atoms with Gasteiger partial charge in [-0.2, -0.15) is 0 Å². The number of hydrogen-bond acceptors (Lipinski definition) is 2. The minimum atomic E-state index is -0.0979. The van der Waals surface area contributed by atoms with Crippen molar-refractivity contribution >= 4 is 17.3 Å². The third kappa shape index (κ3) is 4.31. The summed E-state index contributed by atoms with van der Waals surface area (Å²) >= 11 is 0. The molecule has 0 spiro atoms. The summed E-state index contributed by atoms with van der Waals surface area (Å²) in [6, 6.07) is 25.8. The minimum Gasteiger partial charge on any atom is -0.375 e. The van der Waals surface area contributed by atoms with Crippen LogP contribution in [0.5, 0.6) is 0 Å². The Balaban J connectivity index is 1.66. The molecule has 0 radical (unpaired) electrons. The first-order valence-electron chi connectivity index (χ1n) is 8.95. The van der Waals surface area contributed by atoms with E-state index in [9.17, 15) is 4.79 Å². The van der Waals surface area contributed by atoms with Gasteiger partial charge in [0.2, 0.25) is 0 Å². The lowest BCUT2D eigenvalue weighted by Gasteiger charge is -2.18. The number of anilines is 2. The minimum absolute atomic E-state index is 0.0979. The molecule has 0 bridgehead atoms. The molecule has 3 heteroatoms. The van der Waals surface area contributed by atoms with Gasteiger partial charge in [0, 0.05) is 30.5 Å². The topological polar surface area (TPSA) is 32.3 Å². The van der Waals surface area contributed by atoms with Gasteiger partial charge < -0.3 is 10.2 Å². The van der Waals surface area contributed by atoms with E-state index in [2.05, 4.69) is 36.3 Å². The fourth-order valence-electron chi connectivity index (χ4n) is 2.91. The van der Waals surface area contributed by atoms with Crippen molar-refractivity contribution in [1.82, 2.24) is 0 Å². The van der Waals surface area contributed by atoms with E-state index in [0.29, 0.717) is 5.56 Å². The van der Waals surface area contributed by atoms with Crippen LogP contribution in [0.25, 0.3) is 11.1 Å². The van der Waals surface area contributed by atoms with Crippen molar-refractivity contribution in [1.29, 1.82) is 0 Å². The molecule has 0 unspecified atom stereocenters. The molecule has 1 amide bonds. The standard InChI is InChI=1S/C23H24N2O/c1-3-17-25(2)22-15-13-21(14-16-22)24-23(26)20-11-9-19(10-12-20)18-7-5-4-6-8-18/h4-16H,3,17H2,1-2H3,(H,24,26). The number of hydrogen-bond donors (Lipinski definition) is 1. The second kappa shape index (κ2) is 8.34. The SMILES string of the molecule is CCCN(C)c1ccc(NC(=O)c2ccc(-c3ccccc3)cc2)cc1. The van der Waals surface area contributed by atoms with Gasteiger partial charge in [0.05, 0.1) is 0 Å². The molecular weight excluding hydrogens is 320 g/mol. The van der Waals surface area contributed by atoms with E-state index in [1.54, 1.807) is 0 Å². The molecule has 0 aliphatic carbocycles. The van der Waals surface area contributed by atoms with Gasteiger partial charge in [-0.25, -0.2) is 0 Å². The monoisotopic (exact) mass is 344 g/mol. The van der Waals surface area contributed by atoms with E-state index >= 15 is 0 Å². The molecule has 1 N–H and O–H groups in total. The highest BCUT2D eigenvalue weighted by Crippen LogP contribution is 2.21. The lowest BCUT2D eigenvalue weighted by molar-refractivity contribution is 0.102. The zero-order valence-corrected chi connectivity index (χ0v) is 15.3. The van der Waals surface area contributed by atoms with Gasteiger partial charge in [0.15, 0.2) is 0 Å². The number of carbonyl (C=O) groups excluding carboxylic acids is 1. The first kappa shape index (κ1) is 17.7. The normalized spacial score (nSPS) is 10.4. The largest absolute Gasteiger partial charge is 0.375 e. The average molecular weight is 344 g/mol. The van der Waals surface area contributed by atoms with Crippen LogP contribution in [0, 0.1) is 0 Å². The van der Waals surface area contributed by atoms with Gasteiger partial charge in [-0.15, -0.1) is 0 Å². The maximum absolute atomic E-state index is 12.5. The Hall–Kier alpha value is -3.07. The van der Waals surface area contributed by atoms with Gasteiger partial charge in [0.1, 0.15) is 0 Å². The molecule has 3 rings (SSSR count). The van der Waals surface area contributed by atoms with Crippen molar-refractivity contribution in [2.75, 3.05) is 23.8 Å². The molecule has 0 aliphatic rings. The molecule has 3 aromatic carbocycles. The Morgan fingerprint density at radius 2 is 1.46 bits per heavy atom. The van der Waals surface area contributed by atoms with Crippen molar-refractivity contribution in [2.24, 2.45) is 0 Å². The highest BCUT2D eigenvalue weighted by molar-refractivity contribution is 6.04. The predicted octanol–water partition coefficient (Wildman–Crippen LogP) is 5.45. The number of amides is 1. The maximum Gasteiger partial charge on any atom is 0.255 e. The lowest BCUT2D eigenvalue weighted by Crippen LogP contribution is -2.17. The van der Waals surface area contributed by atoms with Crippen LogP contribution >= 0.6 is 0 Å². The molecule has 3 nitrogen and oxygen atoms in total. The third-order valence-electron chi connectivity index (χ3n) is 4.38. The first-order chi connectivity index (χ1) is 12.7. The highest BCUT2D eigenvalue weighted by atomic mass is 16.1. The molecule has 0 atom stereocenters. The van der Waals surface area contributed by atoms with Crippen LogP contribution in [0.2, 0.25) is 0 Å². The van der Waals surface area contributed by atoms with Crippen LogP contribution in [-0.4, -0.2) is 19.5 Å². The van der Waals surface area contributed by atoms with Crippen molar-refractivity contribution in [2.45, 2.75) is 13.3 Å². The number of nitrogens with one attached hydrogen (secondary N) is 1. The number of benzene rings is 3. The Morgan fingerprint density at radius 1 is 0.846 bits per heavy atom. The second-order valence-electron chi connectivity index (χ2n) is 6.37. The lowest BCUT2D eigenvalue weighted by atomic mass is 10.0. The van der Waals surface area contributed by atoms with E-state index in [-0.39, 0.29) is 5.91 Å². The summed E-state index contributed by atoms with van der Waals surface area (Å²) in [7, 11) is 2.07. The van der Waals surface area contributed by atoms with E-state index in [1.807, 2.05) is 66.7 Å². The summed E-state index contributed by atoms with van der Waals surface area (Å²) in [4.78, 5) is 14.7. The van der Waals surface area contributed by atoms with E-state index in [1.165, 1.54) is 0 Å². The Labute approximate surface area is 155 Å². The molecule has 26 heavy (non-hydrogen) atoms. The fourth-order valence-corrected chi connectivity index (χ4v) is 2.91. The van der Waals surface area contributed by atoms with Gasteiger partial charge >= 0.3 is 0 Å². The summed E-state index contributed by atoms with van der Waals surface area (Å²) < 4.78 is 0. The molecular formula is C23H24N2O. The maximum atomic E-state index is 12.5. The van der Waals surface area contributed by atoms with Crippen LogP contribution in [0.15, 0.2) is 78.9 Å². The van der Waals surface area contributed by atoms with Crippen molar-refractivity contribution in [3.8, 4) is 11.1 Å². The van der Waals surface area contributed by atoms with Crippen LogP contribution in [0.1, 0.15) is 23.7 Å². The molecule has 0 fully saturated rings. The average Bonchev–Trinajstić information content (AvgIpc) is 2.69. The smallest absolute Gasteiger partial charge is 0.255 e.